The van der Waals surface area contributed by atoms with E-state index in [-0.39, 0.29) is 35.6 Å². The van der Waals surface area contributed by atoms with Gasteiger partial charge in [0.25, 0.3) is 0 Å². The lowest BCUT2D eigenvalue weighted by molar-refractivity contribution is -0.135. The molecule has 0 aromatic carbocycles. The van der Waals surface area contributed by atoms with Crippen molar-refractivity contribution < 1.29 is 9.59 Å². The second kappa shape index (κ2) is 9.31. The number of carbonyl (C=O) groups is 2. The van der Waals surface area contributed by atoms with E-state index in [0.717, 1.165) is 31.6 Å². The molecule has 9 heteroatoms. The molecule has 1 saturated carbocycles. The van der Waals surface area contributed by atoms with E-state index in [9.17, 15) is 9.59 Å². The molecule has 1 aromatic rings. The van der Waals surface area contributed by atoms with Gasteiger partial charge in [-0.1, -0.05) is 30.3 Å². The number of nitrogens with zero attached hydrogens (tertiary/aromatic N) is 4. The highest BCUT2D eigenvalue weighted by Gasteiger charge is 2.37. The van der Waals surface area contributed by atoms with Crippen molar-refractivity contribution >= 4 is 41.0 Å². The normalized spacial score (nSPS) is 20.8. The van der Waals surface area contributed by atoms with Crippen LogP contribution in [0.1, 0.15) is 40.0 Å². The summed E-state index contributed by atoms with van der Waals surface area (Å²) in [4.78, 5) is 37.3. The molecule has 2 heterocycles. The monoisotopic (exact) mass is 425 g/mol. The number of thioether (sulfide) groups is 1. The first-order valence-corrected chi connectivity index (χ1v) is 11.3. The molecule has 1 aliphatic carbocycles. The number of carbonyl (C=O) groups excluding carboxylic acids is 2. The van der Waals surface area contributed by atoms with Crippen LogP contribution in [-0.4, -0.2) is 64.2 Å². The highest BCUT2D eigenvalue weighted by atomic mass is 35.5. The summed E-state index contributed by atoms with van der Waals surface area (Å²) in [5.74, 6) is 1.49. The third-order valence-corrected chi connectivity index (χ3v) is 6.22. The highest BCUT2D eigenvalue weighted by Crippen LogP contribution is 2.32. The van der Waals surface area contributed by atoms with E-state index in [2.05, 4.69) is 27.1 Å². The van der Waals surface area contributed by atoms with Gasteiger partial charge in [-0.05, 0) is 33.1 Å². The van der Waals surface area contributed by atoms with Crippen molar-refractivity contribution in [2.45, 2.75) is 57.3 Å². The number of nitrogens with one attached hydrogen (secondary N) is 1. The minimum absolute atomic E-state index is 0.0368. The number of amides is 2. The van der Waals surface area contributed by atoms with Crippen LogP contribution >= 0.6 is 23.4 Å². The summed E-state index contributed by atoms with van der Waals surface area (Å²) in [7, 11) is 0. The molecular weight excluding hydrogens is 398 g/mol. The van der Waals surface area contributed by atoms with E-state index >= 15 is 0 Å². The van der Waals surface area contributed by atoms with Crippen LogP contribution in [0, 0.1) is 5.92 Å². The molecule has 7 nitrogen and oxygen atoms in total. The van der Waals surface area contributed by atoms with Crippen molar-refractivity contribution in [2.24, 2.45) is 5.92 Å². The SMILES string of the molecule is CC[C@H](C)NC(=O)CSc1nc(Cl)cc(N2CCN(C(=O)C3CC3)[C@H](C)C2)n1. The van der Waals surface area contributed by atoms with Gasteiger partial charge in [-0.25, -0.2) is 9.97 Å². The van der Waals surface area contributed by atoms with Crippen LogP contribution in [0.2, 0.25) is 5.15 Å². The van der Waals surface area contributed by atoms with E-state index in [1.807, 2.05) is 18.7 Å². The molecular formula is C19H28ClN5O2S. The number of piperazine rings is 1. The minimum Gasteiger partial charge on any atom is -0.353 e. The average Bonchev–Trinajstić information content (AvgIpc) is 3.50. The van der Waals surface area contributed by atoms with E-state index in [0.29, 0.717) is 23.4 Å². The van der Waals surface area contributed by atoms with Gasteiger partial charge in [-0.2, -0.15) is 0 Å². The van der Waals surface area contributed by atoms with Gasteiger partial charge in [0.1, 0.15) is 11.0 Å². The van der Waals surface area contributed by atoms with Gasteiger partial charge in [0.15, 0.2) is 5.16 Å². The fraction of sp³-hybridized carbons (Fsp3) is 0.684. The Kier molecular flexibility index (Phi) is 7.04. The summed E-state index contributed by atoms with van der Waals surface area (Å²) in [6.45, 7) is 8.20. The average molecular weight is 426 g/mol. The number of anilines is 1. The van der Waals surface area contributed by atoms with Gasteiger partial charge in [-0.15, -0.1) is 0 Å². The van der Waals surface area contributed by atoms with Crippen molar-refractivity contribution in [1.29, 1.82) is 0 Å². The van der Waals surface area contributed by atoms with Crippen molar-refractivity contribution in [3.8, 4) is 0 Å². The summed E-state index contributed by atoms with van der Waals surface area (Å²) in [5.41, 5.74) is 0. The van der Waals surface area contributed by atoms with Crippen molar-refractivity contribution in [3.05, 3.63) is 11.2 Å². The zero-order chi connectivity index (χ0) is 20.3. The van der Waals surface area contributed by atoms with Gasteiger partial charge < -0.3 is 15.1 Å². The number of hydrogen-bond donors (Lipinski definition) is 1. The van der Waals surface area contributed by atoms with E-state index in [4.69, 9.17) is 11.6 Å². The zero-order valence-electron chi connectivity index (χ0n) is 16.7. The molecule has 1 aliphatic heterocycles. The predicted molar refractivity (Wildman–Crippen MR) is 112 cm³/mol. The molecule has 28 heavy (non-hydrogen) atoms. The second-order valence-electron chi connectivity index (χ2n) is 7.60. The number of aromatic nitrogens is 2. The molecule has 1 N–H and O–H groups in total. The summed E-state index contributed by atoms with van der Waals surface area (Å²) in [5, 5.41) is 3.78. The molecule has 0 bridgehead atoms. The second-order valence-corrected chi connectivity index (χ2v) is 8.93. The van der Waals surface area contributed by atoms with Gasteiger partial charge in [0.2, 0.25) is 11.8 Å². The maximum absolute atomic E-state index is 12.4. The summed E-state index contributed by atoms with van der Waals surface area (Å²) in [6, 6.07) is 2.03. The summed E-state index contributed by atoms with van der Waals surface area (Å²) >= 11 is 7.48. The Morgan fingerprint density at radius 1 is 1.36 bits per heavy atom. The van der Waals surface area contributed by atoms with Crippen LogP contribution in [-0.2, 0) is 9.59 Å². The van der Waals surface area contributed by atoms with Gasteiger partial charge in [0, 0.05) is 43.7 Å². The highest BCUT2D eigenvalue weighted by molar-refractivity contribution is 7.99. The van der Waals surface area contributed by atoms with E-state index in [1.165, 1.54) is 11.8 Å². The number of hydrogen-bond acceptors (Lipinski definition) is 6. The van der Waals surface area contributed by atoms with Crippen LogP contribution in [0.4, 0.5) is 5.82 Å². The zero-order valence-corrected chi connectivity index (χ0v) is 18.2. The smallest absolute Gasteiger partial charge is 0.230 e. The van der Waals surface area contributed by atoms with Crippen molar-refractivity contribution in [2.75, 3.05) is 30.3 Å². The molecule has 2 atom stereocenters. The standard InChI is InChI=1S/C19H28ClN5O2S/c1-4-12(2)21-17(26)11-28-19-22-15(20)9-16(23-19)24-7-8-25(13(3)10-24)18(27)14-5-6-14/h9,12-14H,4-8,10-11H2,1-3H3,(H,21,26)/t12-,13+/m0/s1. The number of halogens is 1. The van der Waals surface area contributed by atoms with E-state index < -0.39 is 0 Å². The fourth-order valence-electron chi connectivity index (χ4n) is 3.22. The molecule has 2 amide bonds. The largest absolute Gasteiger partial charge is 0.353 e. The lowest BCUT2D eigenvalue weighted by Gasteiger charge is -2.40. The van der Waals surface area contributed by atoms with Crippen LogP contribution in [0.25, 0.3) is 0 Å². The molecule has 3 rings (SSSR count). The Morgan fingerprint density at radius 2 is 2.11 bits per heavy atom. The number of rotatable bonds is 7. The maximum Gasteiger partial charge on any atom is 0.230 e. The Bertz CT molecular complexity index is 730. The lowest BCUT2D eigenvalue weighted by Crippen LogP contribution is -2.54. The topological polar surface area (TPSA) is 78.4 Å². The Balaban J connectivity index is 1.60. The fourth-order valence-corrected chi connectivity index (χ4v) is 4.11. The Morgan fingerprint density at radius 3 is 2.75 bits per heavy atom. The molecule has 0 unspecified atom stereocenters. The summed E-state index contributed by atoms with van der Waals surface area (Å²) < 4.78 is 0. The Hall–Kier alpha value is -1.54. The van der Waals surface area contributed by atoms with Crippen molar-refractivity contribution in [3.63, 3.8) is 0 Å². The maximum atomic E-state index is 12.4. The first-order chi connectivity index (χ1) is 13.4. The van der Waals surface area contributed by atoms with Crippen LogP contribution in [0.5, 0.6) is 0 Å². The lowest BCUT2D eigenvalue weighted by atomic mass is 10.1. The third-order valence-electron chi connectivity index (χ3n) is 5.17. The molecule has 2 fully saturated rings. The quantitative estimate of drug-likeness (QED) is 0.411. The van der Waals surface area contributed by atoms with Gasteiger partial charge in [0.05, 0.1) is 5.75 Å². The Labute approximate surface area is 175 Å². The van der Waals surface area contributed by atoms with Crippen LogP contribution < -0.4 is 10.2 Å². The van der Waals surface area contributed by atoms with Gasteiger partial charge >= 0.3 is 0 Å². The predicted octanol–water partition coefficient (Wildman–Crippen LogP) is 2.58. The van der Waals surface area contributed by atoms with Crippen molar-refractivity contribution in [1.82, 2.24) is 20.2 Å². The molecule has 1 aromatic heterocycles. The van der Waals surface area contributed by atoms with Crippen LogP contribution in [0.3, 0.4) is 0 Å². The third kappa shape index (κ3) is 5.50. The molecule has 2 aliphatic rings. The van der Waals surface area contributed by atoms with Crippen LogP contribution in [0.15, 0.2) is 11.2 Å². The molecule has 0 radical (unpaired) electrons. The molecule has 154 valence electrons. The molecule has 0 spiro atoms. The minimum atomic E-state index is -0.0368. The first-order valence-electron chi connectivity index (χ1n) is 9.89. The summed E-state index contributed by atoms with van der Waals surface area (Å²) in [6.07, 6.45) is 2.94. The van der Waals surface area contributed by atoms with E-state index in [1.54, 1.807) is 6.07 Å². The molecule has 1 saturated heterocycles. The van der Waals surface area contributed by atoms with Gasteiger partial charge in [-0.3, -0.25) is 9.59 Å². The first kappa shape index (κ1) is 21.2.